The van der Waals surface area contributed by atoms with Gasteiger partial charge in [0.2, 0.25) is 5.91 Å². The fourth-order valence-corrected chi connectivity index (χ4v) is 3.05. The van der Waals surface area contributed by atoms with E-state index >= 15 is 0 Å². The van der Waals surface area contributed by atoms with Gasteiger partial charge in [0.25, 0.3) is 0 Å². The third-order valence-corrected chi connectivity index (χ3v) is 4.41. The SMILES string of the molecule is CCN(CC)C(C)C(=O)NC(=O)NC1CCc2ccccc21. The molecule has 1 aliphatic carbocycles. The van der Waals surface area contributed by atoms with E-state index in [4.69, 9.17) is 0 Å². The summed E-state index contributed by atoms with van der Waals surface area (Å²) in [4.78, 5) is 26.2. The predicted molar refractivity (Wildman–Crippen MR) is 86.6 cm³/mol. The van der Waals surface area contributed by atoms with E-state index in [1.807, 2.05) is 43.9 Å². The molecule has 0 aromatic heterocycles. The van der Waals surface area contributed by atoms with Crippen LogP contribution in [0, 0.1) is 0 Å². The van der Waals surface area contributed by atoms with Crippen LogP contribution in [0.3, 0.4) is 0 Å². The highest BCUT2D eigenvalue weighted by Gasteiger charge is 2.25. The van der Waals surface area contributed by atoms with Crippen LogP contribution < -0.4 is 10.6 Å². The second kappa shape index (κ2) is 7.40. The number of hydrogen-bond donors (Lipinski definition) is 2. The van der Waals surface area contributed by atoms with Gasteiger partial charge in [0.05, 0.1) is 12.1 Å². The van der Waals surface area contributed by atoms with Crippen LogP contribution in [0.1, 0.15) is 44.4 Å². The van der Waals surface area contributed by atoms with Crippen molar-refractivity contribution in [1.29, 1.82) is 0 Å². The van der Waals surface area contributed by atoms with Crippen LogP contribution in [0.2, 0.25) is 0 Å². The molecular weight excluding hydrogens is 278 g/mol. The maximum absolute atomic E-state index is 12.1. The van der Waals surface area contributed by atoms with Crippen molar-refractivity contribution in [3.8, 4) is 0 Å². The second-order valence-corrected chi connectivity index (χ2v) is 5.65. The predicted octanol–water partition coefficient (Wildman–Crippen LogP) is 2.23. The number of carbonyl (C=O) groups is 2. The van der Waals surface area contributed by atoms with Crippen molar-refractivity contribution in [2.75, 3.05) is 13.1 Å². The molecule has 5 nitrogen and oxygen atoms in total. The molecule has 120 valence electrons. The Labute approximate surface area is 132 Å². The summed E-state index contributed by atoms with van der Waals surface area (Å²) < 4.78 is 0. The Bertz CT molecular complexity index is 540. The van der Waals surface area contributed by atoms with E-state index in [2.05, 4.69) is 16.7 Å². The number of likely N-dealkylation sites (N-methyl/N-ethyl adjacent to an activating group) is 1. The van der Waals surface area contributed by atoms with Crippen LogP contribution in [0.15, 0.2) is 24.3 Å². The molecule has 2 atom stereocenters. The molecule has 0 bridgehead atoms. The van der Waals surface area contributed by atoms with E-state index in [0.29, 0.717) is 0 Å². The zero-order valence-electron chi connectivity index (χ0n) is 13.6. The molecule has 1 aliphatic rings. The van der Waals surface area contributed by atoms with Gasteiger partial charge < -0.3 is 5.32 Å². The highest BCUT2D eigenvalue weighted by atomic mass is 16.2. The summed E-state index contributed by atoms with van der Waals surface area (Å²) in [5.74, 6) is -0.257. The third-order valence-electron chi connectivity index (χ3n) is 4.41. The van der Waals surface area contributed by atoms with Crippen molar-refractivity contribution in [2.24, 2.45) is 0 Å². The van der Waals surface area contributed by atoms with Crippen molar-refractivity contribution in [3.63, 3.8) is 0 Å². The summed E-state index contributed by atoms with van der Waals surface area (Å²) in [6, 6.07) is 7.38. The van der Waals surface area contributed by atoms with Gasteiger partial charge in [-0.2, -0.15) is 0 Å². The van der Waals surface area contributed by atoms with E-state index in [-0.39, 0.29) is 18.0 Å². The number of rotatable bonds is 5. The molecule has 0 radical (unpaired) electrons. The van der Waals surface area contributed by atoms with Crippen molar-refractivity contribution in [2.45, 2.75) is 45.7 Å². The molecule has 0 saturated heterocycles. The minimum atomic E-state index is -0.411. The van der Waals surface area contributed by atoms with Crippen LogP contribution in [0.4, 0.5) is 4.79 Å². The number of amides is 3. The maximum Gasteiger partial charge on any atom is 0.321 e. The molecule has 2 unspecified atom stereocenters. The Hall–Kier alpha value is -1.88. The molecule has 2 rings (SSSR count). The van der Waals surface area contributed by atoms with Gasteiger partial charge in [-0.05, 0) is 44.0 Å². The third kappa shape index (κ3) is 3.65. The van der Waals surface area contributed by atoms with Crippen molar-refractivity contribution < 1.29 is 9.59 Å². The fourth-order valence-electron chi connectivity index (χ4n) is 3.05. The van der Waals surface area contributed by atoms with Gasteiger partial charge >= 0.3 is 6.03 Å². The van der Waals surface area contributed by atoms with Gasteiger partial charge in [0, 0.05) is 0 Å². The number of hydrogen-bond acceptors (Lipinski definition) is 3. The standard InChI is InChI=1S/C17H25N3O2/c1-4-20(5-2)12(3)16(21)19-17(22)18-15-11-10-13-8-6-7-9-14(13)15/h6-9,12,15H,4-5,10-11H2,1-3H3,(H2,18,19,21,22). The summed E-state index contributed by atoms with van der Waals surface area (Å²) in [5.41, 5.74) is 2.43. The van der Waals surface area contributed by atoms with Crippen LogP contribution in [-0.4, -0.2) is 36.0 Å². The Morgan fingerprint density at radius 2 is 1.95 bits per heavy atom. The van der Waals surface area contributed by atoms with E-state index in [9.17, 15) is 9.59 Å². The Balaban J connectivity index is 1.90. The number of carbonyl (C=O) groups excluding carboxylic acids is 2. The number of urea groups is 1. The van der Waals surface area contributed by atoms with Crippen LogP contribution in [0.5, 0.6) is 0 Å². The lowest BCUT2D eigenvalue weighted by molar-refractivity contribution is -0.124. The van der Waals surface area contributed by atoms with E-state index in [0.717, 1.165) is 31.5 Å². The average molecular weight is 303 g/mol. The van der Waals surface area contributed by atoms with Gasteiger partial charge in [-0.25, -0.2) is 4.79 Å². The van der Waals surface area contributed by atoms with Gasteiger partial charge in [0.1, 0.15) is 0 Å². The first-order chi connectivity index (χ1) is 10.6. The quantitative estimate of drug-likeness (QED) is 0.877. The molecule has 0 aliphatic heterocycles. The lowest BCUT2D eigenvalue weighted by Crippen LogP contribution is -2.49. The van der Waals surface area contributed by atoms with Crippen LogP contribution in [0.25, 0.3) is 0 Å². The summed E-state index contributed by atoms with van der Waals surface area (Å²) in [6.45, 7) is 7.39. The molecule has 22 heavy (non-hydrogen) atoms. The zero-order valence-corrected chi connectivity index (χ0v) is 13.6. The lowest BCUT2D eigenvalue weighted by Gasteiger charge is -2.25. The van der Waals surface area contributed by atoms with Gasteiger partial charge in [-0.3, -0.25) is 15.0 Å². The molecule has 5 heteroatoms. The molecule has 0 heterocycles. The molecule has 0 spiro atoms. The average Bonchev–Trinajstić information content (AvgIpc) is 2.91. The molecule has 1 aromatic rings. The number of aryl methyl sites for hydroxylation is 1. The topological polar surface area (TPSA) is 61.4 Å². The second-order valence-electron chi connectivity index (χ2n) is 5.65. The summed E-state index contributed by atoms with van der Waals surface area (Å²) >= 11 is 0. The normalized spacial score (nSPS) is 17.9. The summed E-state index contributed by atoms with van der Waals surface area (Å²) in [6.07, 6.45) is 1.84. The Morgan fingerprint density at radius 3 is 2.64 bits per heavy atom. The molecule has 1 aromatic carbocycles. The number of nitrogens with zero attached hydrogens (tertiary/aromatic N) is 1. The summed E-state index contributed by atoms with van der Waals surface area (Å²) in [5, 5.41) is 5.36. The van der Waals surface area contributed by atoms with Gasteiger partial charge in [-0.1, -0.05) is 38.1 Å². The minimum absolute atomic E-state index is 0.00670. The minimum Gasteiger partial charge on any atom is -0.331 e. The highest BCUT2D eigenvalue weighted by Crippen LogP contribution is 2.30. The molecule has 3 amide bonds. The summed E-state index contributed by atoms with van der Waals surface area (Å²) in [7, 11) is 0. The zero-order chi connectivity index (χ0) is 16.1. The van der Waals surface area contributed by atoms with E-state index < -0.39 is 6.03 Å². The fraction of sp³-hybridized carbons (Fsp3) is 0.529. The monoisotopic (exact) mass is 303 g/mol. The Kier molecular flexibility index (Phi) is 5.55. The molecule has 0 saturated carbocycles. The first-order valence-electron chi connectivity index (χ1n) is 8.00. The van der Waals surface area contributed by atoms with Gasteiger partial charge in [-0.15, -0.1) is 0 Å². The molecular formula is C17H25N3O2. The first-order valence-corrected chi connectivity index (χ1v) is 8.00. The van der Waals surface area contributed by atoms with Crippen LogP contribution in [-0.2, 0) is 11.2 Å². The smallest absolute Gasteiger partial charge is 0.321 e. The maximum atomic E-state index is 12.1. The van der Waals surface area contributed by atoms with Crippen molar-refractivity contribution in [1.82, 2.24) is 15.5 Å². The van der Waals surface area contributed by atoms with E-state index in [1.54, 1.807) is 0 Å². The molecule has 2 N–H and O–H groups in total. The number of imide groups is 1. The lowest BCUT2D eigenvalue weighted by atomic mass is 10.1. The van der Waals surface area contributed by atoms with Crippen molar-refractivity contribution >= 4 is 11.9 Å². The number of fused-ring (bicyclic) bond motifs is 1. The molecule has 0 fully saturated rings. The number of nitrogens with one attached hydrogen (secondary N) is 2. The van der Waals surface area contributed by atoms with Crippen molar-refractivity contribution in [3.05, 3.63) is 35.4 Å². The first kappa shape index (κ1) is 16.5. The van der Waals surface area contributed by atoms with Gasteiger partial charge in [0.15, 0.2) is 0 Å². The highest BCUT2D eigenvalue weighted by molar-refractivity contribution is 5.96. The van der Waals surface area contributed by atoms with E-state index in [1.165, 1.54) is 5.56 Å². The Morgan fingerprint density at radius 1 is 1.27 bits per heavy atom. The largest absolute Gasteiger partial charge is 0.331 e. The number of benzene rings is 1. The van der Waals surface area contributed by atoms with Crippen LogP contribution >= 0.6 is 0 Å².